The number of aryl methyl sites for hydroxylation is 2. The minimum atomic E-state index is -0.354. The Morgan fingerprint density at radius 2 is 2.25 bits per heavy atom. The summed E-state index contributed by atoms with van der Waals surface area (Å²) in [5.41, 5.74) is 4.06. The summed E-state index contributed by atoms with van der Waals surface area (Å²) in [4.78, 5) is 29.0. The first-order chi connectivity index (χ1) is 13.7. The summed E-state index contributed by atoms with van der Waals surface area (Å²) in [5, 5.41) is 7.64. The maximum atomic E-state index is 12.7. The van der Waals surface area contributed by atoms with E-state index in [9.17, 15) is 9.59 Å². The predicted octanol–water partition coefficient (Wildman–Crippen LogP) is 2.23. The maximum absolute atomic E-state index is 12.7. The summed E-state index contributed by atoms with van der Waals surface area (Å²) in [6, 6.07) is 0. The van der Waals surface area contributed by atoms with E-state index < -0.39 is 0 Å². The number of esters is 1. The fourth-order valence-corrected chi connectivity index (χ4v) is 3.69. The molecule has 1 aliphatic heterocycles. The fraction of sp³-hybridized carbons (Fsp3) is 0.579. The van der Waals surface area contributed by atoms with Gasteiger partial charge in [0.25, 0.3) is 5.91 Å². The highest BCUT2D eigenvalue weighted by Crippen LogP contribution is 2.19. The van der Waals surface area contributed by atoms with E-state index in [0.717, 1.165) is 30.7 Å². The number of hydrogen-bond acceptors (Lipinski definition) is 7. The van der Waals surface area contributed by atoms with E-state index in [-0.39, 0.29) is 11.9 Å². The van der Waals surface area contributed by atoms with Gasteiger partial charge >= 0.3 is 5.97 Å². The Kier molecular flexibility index (Phi) is 7.55. The van der Waals surface area contributed by atoms with Gasteiger partial charge in [-0.3, -0.25) is 14.5 Å². The topological polar surface area (TPSA) is 95.3 Å². The lowest BCUT2D eigenvalue weighted by Gasteiger charge is -2.10. The number of rotatable bonds is 6. The average molecular weight is 407 g/mol. The number of thiazole rings is 1. The van der Waals surface area contributed by atoms with Crippen LogP contribution in [0.3, 0.4) is 0 Å². The van der Waals surface area contributed by atoms with Crippen molar-refractivity contribution in [2.75, 3.05) is 26.4 Å². The van der Waals surface area contributed by atoms with Crippen LogP contribution in [-0.2, 0) is 28.9 Å². The molecule has 0 fully saturated rings. The van der Waals surface area contributed by atoms with Crippen LogP contribution < -0.4 is 5.32 Å². The molecule has 0 spiro atoms. The zero-order valence-electron chi connectivity index (χ0n) is 16.1. The van der Waals surface area contributed by atoms with Crippen LogP contribution in [0.5, 0.6) is 0 Å². The van der Waals surface area contributed by atoms with Crippen molar-refractivity contribution in [3.63, 3.8) is 0 Å². The molecule has 0 bridgehead atoms. The third-order valence-corrected chi connectivity index (χ3v) is 5.28. The molecule has 3 heterocycles. The van der Waals surface area contributed by atoms with E-state index in [4.69, 9.17) is 9.47 Å². The van der Waals surface area contributed by atoms with Gasteiger partial charge in [-0.05, 0) is 25.7 Å². The lowest BCUT2D eigenvalue weighted by atomic mass is 10.1. The van der Waals surface area contributed by atoms with Crippen LogP contribution in [0.15, 0.2) is 11.7 Å². The summed E-state index contributed by atoms with van der Waals surface area (Å²) < 4.78 is 12.8. The van der Waals surface area contributed by atoms with Crippen LogP contribution in [0.1, 0.15) is 57.6 Å². The molecule has 0 saturated carbocycles. The van der Waals surface area contributed by atoms with Crippen molar-refractivity contribution in [1.29, 1.82) is 0 Å². The van der Waals surface area contributed by atoms with E-state index in [1.165, 1.54) is 17.5 Å². The highest BCUT2D eigenvalue weighted by atomic mass is 32.1. The lowest BCUT2D eigenvalue weighted by molar-refractivity contribution is 0.0500. The first-order valence-corrected chi connectivity index (χ1v) is 10.6. The Morgan fingerprint density at radius 3 is 3.04 bits per heavy atom. The summed E-state index contributed by atoms with van der Waals surface area (Å²) in [7, 11) is 0. The molecular weight excluding hydrogens is 380 g/mol. The second-order valence-corrected chi connectivity index (χ2v) is 7.41. The van der Waals surface area contributed by atoms with Crippen LogP contribution in [0.25, 0.3) is 0 Å². The van der Waals surface area contributed by atoms with Crippen molar-refractivity contribution in [3.8, 4) is 0 Å². The number of ether oxygens (including phenoxy) is 2. The third kappa shape index (κ3) is 5.17. The van der Waals surface area contributed by atoms with Crippen LogP contribution in [0, 0.1) is 0 Å². The molecule has 1 amide bonds. The number of nitrogens with one attached hydrogen (secondary N) is 1. The highest BCUT2D eigenvalue weighted by Gasteiger charge is 2.22. The number of amides is 1. The van der Waals surface area contributed by atoms with E-state index in [1.54, 1.807) is 5.51 Å². The first kappa shape index (κ1) is 20.5. The largest absolute Gasteiger partial charge is 0.461 e. The molecule has 0 atom stereocenters. The molecule has 28 heavy (non-hydrogen) atoms. The van der Waals surface area contributed by atoms with Gasteiger partial charge in [0, 0.05) is 32.7 Å². The van der Waals surface area contributed by atoms with Crippen molar-refractivity contribution < 1.29 is 19.1 Å². The van der Waals surface area contributed by atoms with E-state index in [2.05, 4.69) is 15.4 Å². The van der Waals surface area contributed by atoms with Gasteiger partial charge in [-0.15, -0.1) is 11.3 Å². The zero-order valence-corrected chi connectivity index (χ0v) is 16.9. The standard InChI is InChI=1S/C19H26N4O4S/c1-2-14-17-15(6-3-9-26-10-4-7-21-18(17)24)23(22-14)8-5-11-27-19(25)16-12-20-13-28-16/h12-13H,2-11H2,1H3,(H,21,24). The predicted molar refractivity (Wildman–Crippen MR) is 105 cm³/mol. The normalized spacial score (nSPS) is 15.4. The van der Waals surface area contributed by atoms with Crippen molar-refractivity contribution >= 4 is 23.2 Å². The number of aromatic nitrogens is 3. The first-order valence-electron chi connectivity index (χ1n) is 9.70. The number of fused-ring (bicyclic) bond motifs is 1. The molecule has 0 aliphatic carbocycles. The second-order valence-electron chi connectivity index (χ2n) is 6.53. The molecule has 0 radical (unpaired) electrons. The molecule has 9 heteroatoms. The molecule has 2 aromatic rings. The fourth-order valence-electron chi connectivity index (χ4n) is 3.18. The minimum Gasteiger partial charge on any atom is -0.461 e. The van der Waals surface area contributed by atoms with Gasteiger partial charge in [-0.25, -0.2) is 4.79 Å². The van der Waals surface area contributed by atoms with Crippen LogP contribution in [0.4, 0.5) is 0 Å². The monoisotopic (exact) mass is 406 g/mol. The van der Waals surface area contributed by atoms with Gasteiger partial charge in [-0.2, -0.15) is 5.10 Å². The molecule has 0 unspecified atom stereocenters. The summed E-state index contributed by atoms with van der Waals surface area (Å²) in [5.74, 6) is -0.412. The van der Waals surface area contributed by atoms with E-state index in [0.29, 0.717) is 56.2 Å². The number of hydrogen-bond donors (Lipinski definition) is 1. The van der Waals surface area contributed by atoms with E-state index in [1.807, 2.05) is 11.6 Å². The summed E-state index contributed by atoms with van der Waals surface area (Å²) in [6.45, 7) is 4.82. The summed E-state index contributed by atoms with van der Waals surface area (Å²) in [6.07, 6.45) is 5.21. The summed E-state index contributed by atoms with van der Waals surface area (Å²) >= 11 is 1.26. The number of nitrogens with zero attached hydrogens (tertiary/aromatic N) is 3. The third-order valence-electron chi connectivity index (χ3n) is 4.53. The van der Waals surface area contributed by atoms with Gasteiger partial charge in [0.05, 0.1) is 35.3 Å². The molecule has 0 aromatic carbocycles. The second kappa shape index (κ2) is 10.3. The lowest BCUT2D eigenvalue weighted by Crippen LogP contribution is -2.26. The van der Waals surface area contributed by atoms with Crippen LogP contribution >= 0.6 is 11.3 Å². The Labute approximate surface area is 168 Å². The van der Waals surface area contributed by atoms with Crippen LogP contribution in [-0.4, -0.2) is 53.0 Å². The van der Waals surface area contributed by atoms with Crippen LogP contribution in [0.2, 0.25) is 0 Å². The molecule has 3 rings (SSSR count). The smallest absolute Gasteiger partial charge is 0.349 e. The van der Waals surface area contributed by atoms with Crippen molar-refractivity contribution in [2.24, 2.45) is 0 Å². The maximum Gasteiger partial charge on any atom is 0.349 e. The van der Waals surface area contributed by atoms with Crippen molar-refractivity contribution in [2.45, 2.75) is 45.6 Å². The Bertz CT molecular complexity index is 788. The zero-order chi connectivity index (χ0) is 19.8. The number of carbonyl (C=O) groups is 2. The minimum absolute atomic E-state index is 0.0587. The van der Waals surface area contributed by atoms with Gasteiger partial charge in [0.2, 0.25) is 0 Å². The Morgan fingerprint density at radius 1 is 1.39 bits per heavy atom. The highest BCUT2D eigenvalue weighted by molar-refractivity contribution is 7.11. The molecule has 2 aromatic heterocycles. The molecule has 0 saturated heterocycles. The Balaban J connectivity index is 1.66. The van der Waals surface area contributed by atoms with Gasteiger partial charge < -0.3 is 14.8 Å². The number of carbonyl (C=O) groups excluding carboxylic acids is 2. The molecule has 8 nitrogen and oxygen atoms in total. The van der Waals surface area contributed by atoms with Gasteiger partial charge in [0.15, 0.2) is 0 Å². The average Bonchev–Trinajstić information content (AvgIpc) is 3.34. The van der Waals surface area contributed by atoms with Gasteiger partial charge in [0.1, 0.15) is 4.88 Å². The van der Waals surface area contributed by atoms with E-state index >= 15 is 0 Å². The molecular formula is C19H26N4O4S. The molecule has 1 aliphatic rings. The van der Waals surface area contributed by atoms with Gasteiger partial charge in [-0.1, -0.05) is 6.92 Å². The molecule has 152 valence electrons. The van der Waals surface area contributed by atoms with Crippen molar-refractivity contribution in [1.82, 2.24) is 20.1 Å². The quantitative estimate of drug-likeness (QED) is 0.584. The molecule has 1 N–H and O–H groups in total. The SMILES string of the molecule is CCc1nn(CCCOC(=O)c2cncs2)c2c1C(=O)NCCCOCCC2. The van der Waals surface area contributed by atoms with Crippen molar-refractivity contribution in [3.05, 3.63) is 33.5 Å². The Hall–Kier alpha value is -2.26.